The maximum absolute atomic E-state index is 13.0. The van der Waals surface area contributed by atoms with Crippen molar-refractivity contribution >= 4 is 30.0 Å². The molecule has 0 spiro atoms. The molecular weight excluding hydrogens is 344 g/mol. The predicted octanol–water partition coefficient (Wildman–Crippen LogP) is 1.81. The SMILES string of the molecule is COC(=O)c1cccc(NC(=O)C2(n3cccn3)CCNCC2)c1.Cl. The fourth-order valence-electron chi connectivity index (χ4n) is 3.01. The number of ether oxygens (including phenoxy) is 1. The minimum absolute atomic E-state index is 0. The molecule has 1 saturated heterocycles. The number of hydrogen-bond acceptors (Lipinski definition) is 5. The van der Waals surface area contributed by atoms with Crippen molar-refractivity contribution in [3.8, 4) is 0 Å². The van der Waals surface area contributed by atoms with Gasteiger partial charge in [0.15, 0.2) is 0 Å². The summed E-state index contributed by atoms with van der Waals surface area (Å²) >= 11 is 0. The first kappa shape index (κ1) is 19.0. The van der Waals surface area contributed by atoms with Gasteiger partial charge in [-0.1, -0.05) is 6.07 Å². The predicted molar refractivity (Wildman–Crippen MR) is 96.0 cm³/mol. The number of methoxy groups -OCH3 is 1. The highest BCUT2D eigenvalue weighted by atomic mass is 35.5. The van der Waals surface area contributed by atoms with Crippen LogP contribution in [0.2, 0.25) is 0 Å². The van der Waals surface area contributed by atoms with E-state index in [4.69, 9.17) is 4.74 Å². The van der Waals surface area contributed by atoms with Gasteiger partial charge in [0.1, 0.15) is 5.54 Å². The molecule has 1 amide bonds. The van der Waals surface area contributed by atoms with E-state index in [0.29, 0.717) is 24.1 Å². The summed E-state index contributed by atoms with van der Waals surface area (Å²) in [7, 11) is 1.33. The summed E-state index contributed by atoms with van der Waals surface area (Å²) in [5.41, 5.74) is 0.234. The van der Waals surface area contributed by atoms with Gasteiger partial charge >= 0.3 is 5.97 Å². The molecule has 2 N–H and O–H groups in total. The minimum Gasteiger partial charge on any atom is -0.465 e. The lowest BCUT2D eigenvalue weighted by Crippen LogP contribution is -2.52. The summed E-state index contributed by atoms with van der Waals surface area (Å²) < 4.78 is 6.45. The van der Waals surface area contributed by atoms with Crippen LogP contribution in [0.15, 0.2) is 42.7 Å². The van der Waals surface area contributed by atoms with Crippen molar-refractivity contribution < 1.29 is 14.3 Å². The quantitative estimate of drug-likeness (QED) is 0.808. The fourth-order valence-corrected chi connectivity index (χ4v) is 3.01. The average Bonchev–Trinajstić information content (AvgIpc) is 3.17. The Labute approximate surface area is 152 Å². The average molecular weight is 365 g/mol. The minimum atomic E-state index is -0.726. The van der Waals surface area contributed by atoms with Gasteiger partial charge in [0.2, 0.25) is 0 Å². The number of nitrogens with zero attached hydrogens (tertiary/aromatic N) is 2. The lowest BCUT2D eigenvalue weighted by molar-refractivity contribution is -0.126. The van der Waals surface area contributed by atoms with Crippen molar-refractivity contribution in [1.82, 2.24) is 15.1 Å². The highest BCUT2D eigenvalue weighted by Gasteiger charge is 2.42. The Kier molecular flexibility index (Phi) is 6.17. The number of esters is 1. The zero-order chi connectivity index (χ0) is 17.0. The molecule has 0 saturated carbocycles. The summed E-state index contributed by atoms with van der Waals surface area (Å²) in [6.45, 7) is 1.49. The second-order valence-corrected chi connectivity index (χ2v) is 5.76. The molecule has 7 nitrogen and oxygen atoms in total. The Hall–Kier alpha value is -2.38. The van der Waals surface area contributed by atoms with Crippen molar-refractivity contribution in [2.24, 2.45) is 0 Å². The molecule has 0 unspecified atom stereocenters. The lowest BCUT2D eigenvalue weighted by atomic mass is 9.87. The van der Waals surface area contributed by atoms with E-state index < -0.39 is 11.5 Å². The Bertz CT molecular complexity index is 727. The number of anilines is 1. The molecule has 1 aromatic heterocycles. The molecular formula is C17H21ClN4O3. The molecule has 1 aliphatic rings. The number of piperidine rings is 1. The highest BCUT2D eigenvalue weighted by Crippen LogP contribution is 2.28. The molecule has 1 aliphatic heterocycles. The van der Waals surface area contributed by atoms with Crippen molar-refractivity contribution in [3.05, 3.63) is 48.3 Å². The number of amides is 1. The number of nitrogens with one attached hydrogen (secondary N) is 2. The summed E-state index contributed by atoms with van der Waals surface area (Å²) in [6.07, 6.45) is 4.79. The van der Waals surface area contributed by atoms with Crippen molar-refractivity contribution in [3.63, 3.8) is 0 Å². The number of halogens is 1. The van der Waals surface area contributed by atoms with E-state index in [1.165, 1.54) is 7.11 Å². The van der Waals surface area contributed by atoms with Gasteiger partial charge in [-0.15, -0.1) is 12.4 Å². The molecule has 1 fully saturated rings. The second kappa shape index (κ2) is 8.13. The maximum atomic E-state index is 13.0. The van der Waals surface area contributed by atoms with Crippen LogP contribution in [0.25, 0.3) is 0 Å². The smallest absolute Gasteiger partial charge is 0.337 e. The van der Waals surface area contributed by atoms with Crippen molar-refractivity contribution in [2.75, 3.05) is 25.5 Å². The third-order valence-electron chi connectivity index (χ3n) is 4.34. The number of carbonyl (C=O) groups excluding carboxylic acids is 2. The van der Waals surface area contributed by atoms with Crippen molar-refractivity contribution in [1.29, 1.82) is 0 Å². The van der Waals surface area contributed by atoms with Gasteiger partial charge in [-0.2, -0.15) is 5.10 Å². The standard InChI is InChI=1S/C17H20N4O3.ClH/c1-24-15(22)13-4-2-5-14(12-13)20-16(23)17(6-9-18-10-7-17)21-11-3-8-19-21;/h2-5,8,11-12,18H,6-7,9-10H2,1H3,(H,20,23);1H. The van der Waals surface area contributed by atoms with Crippen LogP contribution < -0.4 is 10.6 Å². The lowest BCUT2D eigenvalue weighted by Gasteiger charge is -2.36. The molecule has 134 valence electrons. The van der Waals surface area contributed by atoms with Crippen LogP contribution >= 0.6 is 12.4 Å². The summed E-state index contributed by atoms with van der Waals surface area (Å²) in [6, 6.07) is 8.54. The molecule has 2 heterocycles. The summed E-state index contributed by atoms with van der Waals surface area (Å²) in [5, 5.41) is 10.5. The van der Waals surface area contributed by atoms with Crippen LogP contribution in [-0.4, -0.2) is 41.9 Å². The van der Waals surface area contributed by atoms with E-state index in [1.54, 1.807) is 35.1 Å². The van der Waals surface area contributed by atoms with Crippen LogP contribution in [0.5, 0.6) is 0 Å². The molecule has 0 aliphatic carbocycles. The third-order valence-corrected chi connectivity index (χ3v) is 4.34. The fraction of sp³-hybridized carbons (Fsp3) is 0.353. The van der Waals surface area contributed by atoms with Gasteiger partial charge in [0.05, 0.1) is 12.7 Å². The monoisotopic (exact) mass is 364 g/mol. The van der Waals surface area contributed by atoms with Crippen molar-refractivity contribution in [2.45, 2.75) is 18.4 Å². The van der Waals surface area contributed by atoms with E-state index >= 15 is 0 Å². The van der Waals surface area contributed by atoms with Gasteiger partial charge in [-0.25, -0.2) is 4.79 Å². The summed E-state index contributed by atoms with van der Waals surface area (Å²) in [5.74, 6) is -0.565. The molecule has 25 heavy (non-hydrogen) atoms. The number of benzene rings is 1. The molecule has 8 heteroatoms. The van der Waals surface area contributed by atoms with E-state index in [1.807, 2.05) is 12.3 Å². The number of hydrogen-bond donors (Lipinski definition) is 2. The Balaban J connectivity index is 0.00000225. The summed E-state index contributed by atoms with van der Waals surface area (Å²) in [4.78, 5) is 24.7. The number of rotatable bonds is 4. The largest absolute Gasteiger partial charge is 0.465 e. The highest BCUT2D eigenvalue weighted by molar-refractivity contribution is 5.98. The molecule has 0 atom stereocenters. The number of aromatic nitrogens is 2. The van der Waals surface area contributed by atoms with Gasteiger partial charge in [-0.05, 0) is 50.2 Å². The Morgan fingerprint density at radius 2 is 2.04 bits per heavy atom. The molecule has 0 radical (unpaired) electrons. The van der Waals surface area contributed by atoms with Crippen LogP contribution in [0.1, 0.15) is 23.2 Å². The van der Waals surface area contributed by atoms with Crippen LogP contribution in [0.3, 0.4) is 0 Å². The Morgan fingerprint density at radius 1 is 1.28 bits per heavy atom. The normalized spacial score (nSPS) is 15.7. The Morgan fingerprint density at radius 3 is 2.68 bits per heavy atom. The molecule has 1 aromatic carbocycles. The van der Waals surface area contributed by atoms with Crippen LogP contribution in [0.4, 0.5) is 5.69 Å². The zero-order valence-corrected chi connectivity index (χ0v) is 14.7. The first-order chi connectivity index (χ1) is 11.7. The van der Waals surface area contributed by atoms with Crippen LogP contribution in [0, 0.1) is 0 Å². The van der Waals surface area contributed by atoms with E-state index in [9.17, 15) is 9.59 Å². The first-order valence-corrected chi connectivity index (χ1v) is 7.86. The van der Waals surface area contributed by atoms with E-state index in [-0.39, 0.29) is 18.3 Å². The van der Waals surface area contributed by atoms with E-state index in [0.717, 1.165) is 13.1 Å². The zero-order valence-electron chi connectivity index (χ0n) is 13.9. The van der Waals surface area contributed by atoms with Gasteiger partial charge < -0.3 is 15.4 Å². The van der Waals surface area contributed by atoms with E-state index in [2.05, 4.69) is 15.7 Å². The maximum Gasteiger partial charge on any atom is 0.337 e. The van der Waals surface area contributed by atoms with Gasteiger partial charge in [0, 0.05) is 18.1 Å². The number of carbonyl (C=O) groups is 2. The molecule has 3 rings (SSSR count). The molecule has 0 bridgehead atoms. The molecule has 2 aromatic rings. The van der Waals surface area contributed by atoms with Crippen LogP contribution in [-0.2, 0) is 15.1 Å². The first-order valence-electron chi connectivity index (χ1n) is 7.86. The second-order valence-electron chi connectivity index (χ2n) is 5.76. The van der Waals surface area contributed by atoms with Gasteiger partial charge in [0.25, 0.3) is 5.91 Å². The third kappa shape index (κ3) is 3.83. The van der Waals surface area contributed by atoms with Gasteiger partial charge in [-0.3, -0.25) is 9.48 Å². The topological polar surface area (TPSA) is 85.2 Å².